The molecule has 3 rings (SSSR count). The van der Waals surface area contributed by atoms with E-state index in [9.17, 15) is 9.90 Å². The number of hydrogen-bond acceptors (Lipinski definition) is 3. The van der Waals surface area contributed by atoms with Crippen molar-refractivity contribution in [2.45, 2.75) is 40.2 Å². The van der Waals surface area contributed by atoms with Crippen LogP contribution in [0.1, 0.15) is 32.3 Å². The van der Waals surface area contributed by atoms with Gasteiger partial charge < -0.3 is 9.67 Å². The molecule has 0 aliphatic heterocycles. The average Bonchev–Trinajstić information content (AvgIpc) is 3.14. The van der Waals surface area contributed by atoms with Crippen LogP contribution < -0.4 is 5.69 Å². The Labute approximate surface area is 153 Å². The van der Waals surface area contributed by atoms with Gasteiger partial charge in [-0.15, -0.1) is 0 Å². The first kappa shape index (κ1) is 18.5. The SMILES string of the molecule is Cc1cc2c(cc1-c1cncn1CCCC(C)(C)CO)n(C)c(=O)n2C. The zero-order valence-corrected chi connectivity index (χ0v) is 16.3. The molecule has 2 aromatic heterocycles. The molecule has 0 radical (unpaired) electrons. The van der Waals surface area contributed by atoms with Gasteiger partial charge in [0.25, 0.3) is 0 Å². The van der Waals surface area contributed by atoms with Crippen molar-refractivity contribution < 1.29 is 5.11 Å². The molecular formula is C20H28N4O2. The molecule has 0 aliphatic carbocycles. The number of imidazole rings is 2. The third-order valence-electron chi connectivity index (χ3n) is 5.29. The van der Waals surface area contributed by atoms with Crippen molar-refractivity contribution >= 4 is 11.0 Å². The zero-order valence-electron chi connectivity index (χ0n) is 16.3. The number of benzene rings is 1. The summed E-state index contributed by atoms with van der Waals surface area (Å²) in [6.45, 7) is 7.27. The third-order valence-corrected chi connectivity index (χ3v) is 5.29. The van der Waals surface area contributed by atoms with E-state index in [1.807, 2.05) is 12.5 Å². The summed E-state index contributed by atoms with van der Waals surface area (Å²) < 4.78 is 5.52. The smallest absolute Gasteiger partial charge is 0.328 e. The summed E-state index contributed by atoms with van der Waals surface area (Å²) in [6.07, 6.45) is 5.66. The van der Waals surface area contributed by atoms with E-state index in [2.05, 4.69) is 42.5 Å². The van der Waals surface area contributed by atoms with Crippen LogP contribution in [0, 0.1) is 12.3 Å². The van der Waals surface area contributed by atoms with Gasteiger partial charge in [-0.25, -0.2) is 9.78 Å². The summed E-state index contributed by atoms with van der Waals surface area (Å²) in [7, 11) is 3.61. The van der Waals surface area contributed by atoms with Gasteiger partial charge in [-0.2, -0.15) is 0 Å². The molecule has 0 saturated heterocycles. The van der Waals surface area contributed by atoms with E-state index in [4.69, 9.17) is 0 Å². The molecule has 1 aromatic carbocycles. The molecule has 6 nitrogen and oxygen atoms in total. The highest BCUT2D eigenvalue weighted by atomic mass is 16.3. The Morgan fingerprint density at radius 1 is 1.15 bits per heavy atom. The van der Waals surface area contributed by atoms with Crippen molar-refractivity contribution in [3.05, 3.63) is 40.7 Å². The minimum atomic E-state index is -0.0576. The Kier molecular flexibility index (Phi) is 4.80. The van der Waals surface area contributed by atoms with E-state index >= 15 is 0 Å². The van der Waals surface area contributed by atoms with E-state index in [1.165, 1.54) is 0 Å². The van der Waals surface area contributed by atoms with E-state index in [0.29, 0.717) is 0 Å². The fourth-order valence-electron chi connectivity index (χ4n) is 3.46. The van der Waals surface area contributed by atoms with Crippen LogP contribution in [-0.2, 0) is 20.6 Å². The number of aliphatic hydroxyl groups is 1. The average molecular weight is 356 g/mol. The van der Waals surface area contributed by atoms with Crippen molar-refractivity contribution in [1.29, 1.82) is 0 Å². The minimum Gasteiger partial charge on any atom is -0.396 e. The lowest BCUT2D eigenvalue weighted by Crippen LogP contribution is -2.19. The van der Waals surface area contributed by atoms with Gasteiger partial charge in [0.2, 0.25) is 0 Å². The second-order valence-corrected chi connectivity index (χ2v) is 7.95. The fourth-order valence-corrected chi connectivity index (χ4v) is 3.46. The Bertz CT molecular complexity index is 991. The Morgan fingerprint density at radius 3 is 2.46 bits per heavy atom. The molecule has 0 fully saturated rings. The van der Waals surface area contributed by atoms with Crippen molar-refractivity contribution in [3.8, 4) is 11.3 Å². The zero-order chi connectivity index (χ0) is 19.1. The van der Waals surface area contributed by atoms with Crippen LogP contribution in [0.3, 0.4) is 0 Å². The lowest BCUT2D eigenvalue weighted by Gasteiger charge is -2.21. The molecule has 0 unspecified atom stereocenters. The largest absolute Gasteiger partial charge is 0.396 e. The van der Waals surface area contributed by atoms with Gasteiger partial charge in [0.1, 0.15) is 0 Å². The van der Waals surface area contributed by atoms with Crippen molar-refractivity contribution in [3.63, 3.8) is 0 Å². The topological polar surface area (TPSA) is 65.0 Å². The lowest BCUT2D eigenvalue weighted by atomic mass is 9.89. The molecular weight excluding hydrogens is 328 g/mol. The van der Waals surface area contributed by atoms with Crippen molar-refractivity contribution in [2.24, 2.45) is 19.5 Å². The first-order valence-corrected chi connectivity index (χ1v) is 9.02. The Balaban J connectivity index is 1.95. The molecule has 6 heteroatoms. The summed E-state index contributed by atoms with van der Waals surface area (Å²) >= 11 is 0. The Morgan fingerprint density at radius 2 is 1.81 bits per heavy atom. The number of nitrogens with zero attached hydrogens (tertiary/aromatic N) is 4. The van der Waals surface area contributed by atoms with Crippen LogP contribution in [0.2, 0.25) is 0 Å². The molecule has 0 atom stereocenters. The number of aryl methyl sites for hydroxylation is 4. The van der Waals surface area contributed by atoms with Crippen molar-refractivity contribution in [1.82, 2.24) is 18.7 Å². The van der Waals surface area contributed by atoms with E-state index in [-0.39, 0.29) is 17.7 Å². The van der Waals surface area contributed by atoms with Crippen LogP contribution in [0.4, 0.5) is 0 Å². The predicted octanol–water partition coefficient (Wildman–Crippen LogP) is 2.85. The predicted molar refractivity (Wildman–Crippen MR) is 104 cm³/mol. The monoisotopic (exact) mass is 356 g/mol. The van der Waals surface area contributed by atoms with Gasteiger partial charge in [0.15, 0.2) is 0 Å². The maximum absolute atomic E-state index is 12.2. The quantitative estimate of drug-likeness (QED) is 0.739. The molecule has 0 spiro atoms. The maximum atomic E-state index is 12.2. The molecule has 2 heterocycles. The summed E-state index contributed by atoms with van der Waals surface area (Å²) in [4.78, 5) is 16.6. The Hall–Kier alpha value is -2.34. The molecule has 1 N–H and O–H groups in total. The number of aromatic nitrogens is 4. The van der Waals surface area contributed by atoms with Gasteiger partial charge in [-0.1, -0.05) is 13.8 Å². The molecule has 0 bridgehead atoms. The number of rotatable bonds is 6. The highest BCUT2D eigenvalue weighted by Gasteiger charge is 2.17. The molecule has 0 amide bonds. The van der Waals surface area contributed by atoms with E-state index < -0.39 is 0 Å². The second-order valence-electron chi connectivity index (χ2n) is 7.95. The van der Waals surface area contributed by atoms with Crippen molar-refractivity contribution in [2.75, 3.05) is 6.61 Å². The summed E-state index contributed by atoms with van der Waals surface area (Å²) in [5.41, 5.74) is 5.06. The van der Waals surface area contributed by atoms with Gasteiger partial charge in [-0.3, -0.25) is 9.13 Å². The second kappa shape index (κ2) is 6.76. The van der Waals surface area contributed by atoms with Crippen LogP contribution >= 0.6 is 0 Å². The normalized spacial score (nSPS) is 12.2. The number of aliphatic hydroxyl groups excluding tert-OH is 1. The summed E-state index contributed by atoms with van der Waals surface area (Å²) in [5.74, 6) is 0. The van der Waals surface area contributed by atoms with E-state index in [1.54, 1.807) is 23.2 Å². The standard InChI is InChI=1S/C20H28N4O2/c1-14-9-16-17(23(5)19(26)22(16)4)10-15(14)18-11-21-13-24(18)8-6-7-20(2,3)12-25/h9-11,13,25H,6-8,12H2,1-5H3. The molecule has 3 aromatic rings. The third kappa shape index (κ3) is 3.21. The first-order chi connectivity index (χ1) is 12.2. The number of hydrogen-bond donors (Lipinski definition) is 1. The maximum Gasteiger partial charge on any atom is 0.328 e. The van der Waals surface area contributed by atoms with Gasteiger partial charge in [0, 0.05) is 32.8 Å². The first-order valence-electron chi connectivity index (χ1n) is 9.02. The van der Waals surface area contributed by atoms with Gasteiger partial charge in [-0.05, 0) is 42.9 Å². The van der Waals surface area contributed by atoms with Gasteiger partial charge >= 0.3 is 5.69 Å². The summed E-state index contributed by atoms with van der Waals surface area (Å²) in [6, 6.07) is 4.15. The molecule has 0 aliphatic rings. The molecule has 140 valence electrons. The van der Waals surface area contributed by atoms with Crippen LogP contribution in [0.5, 0.6) is 0 Å². The van der Waals surface area contributed by atoms with Gasteiger partial charge in [0.05, 0.1) is 29.3 Å². The van der Waals surface area contributed by atoms with Crippen LogP contribution in [0.25, 0.3) is 22.3 Å². The van der Waals surface area contributed by atoms with Crippen LogP contribution in [-0.4, -0.2) is 30.4 Å². The minimum absolute atomic E-state index is 0.0173. The molecule has 0 saturated carbocycles. The number of fused-ring (bicyclic) bond motifs is 1. The van der Waals surface area contributed by atoms with Crippen LogP contribution in [0.15, 0.2) is 29.5 Å². The highest BCUT2D eigenvalue weighted by Crippen LogP contribution is 2.29. The van der Waals surface area contributed by atoms with E-state index in [0.717, 1.165) is 47.2 Å². The fraction of sp³-hybridized carbons (Fsp3) is 0.500. The summed E-state index contributed by atoms with van der Waals surface area (Å²) in [5, 5.41) is 9.42. The lowest BCUT2D eigenvalue weighted by molar-refractivity contribution is 0.146. The highest BCUT2D eigenvalue weighted by molar-refractivity contribution is 5.84. The molecule has 26 heavy (non-hydrogen) atoms.